The first kappa shape index (κ1) is 14.5. The number of hydrogen-bond donors (Lipinski definition) is 1. The lowest BCUT2D eigenvalue weighted by Crippen LogP contribution is -2.52. The Balaban J connectivity index is 2.24. The van der Waals surface area contributed by atoms with Crippen molar-refractivity contribution in [3.63, 3.8) is 0 Å². The molecular formula is C13H19N3O4. The molecule has 0 aromatic carbocycles. The fourth-order valence-electron chi connectivity index (χ4n) is 2.75. The largest absolute Gasteiger partial charge is 0.438 e. The molecule has 1 aliphatic heterocycles. The number of hydrogen-bond acceptors (Lipinski definition) is 5. The van der Waals surface area contributed by atoms with Crippen LogP contribution < -0.4 is 5.32 Å². The summed E-state index contributed by atoms with van der Waals surface area (Å²) >= 11 is 0. The number of nitrogens with one attached hydrogen (secondary N) is 1. The van der Waals surface area contributed by atoms with Gasteiger partial charge in [0, 0.05) is 20.7 Å². The smallest absolute Gasteiger partial charge is 0.291 e. The van der Waals surface area contributed by atoms with Gasteiger partial charge in [0.25, 0.3) is 5.91 Å². The second-order valence-corrected chi connectivity index (χ2v) is 4.93. The van der Waals surface area contributed by atoms with E-state index in [4.69, 9.17) is 9.15 Å². The Labute approximate surface area is 117 Å². The maximum Gasteiger partial charge on any atom is 0.291 e. The van der Waals surface area contributed by atoms with Crippen molar-refractivity contribution in [2.45, 2.75) is 24.8 Å². The van der Waals surface area contributed by atoms with Gasteiger partial charge in [-0.15, -0.1) is 0 Å². The summed E-state index contributed by atoms with van der Waals surface area (Å²) in [6.45, 7) is 0.903. The number of amides is 2. The third-order valence-corrected chi connectivity index (χ3v) is 3.67. The number of methoxy groups -OCH3 is 1. The standard InChI is InChI=1S/C13H19N3O4/c1-14-11(17)6-13(8-19-2)4-3-5-16(13)12(18)10-7-15-9-20-10/h7,9H,3-6,8H2,1-2H3,(H,14,17)/t13-/m0/s1. The molecule has 0 radical (unpaired) electrons. The zero-order chi connectivity index (χ0) is 14.6. The topological polar surface area (TPSA) is 84.7 Å². The van der Waals surface area contributed by atoms with E-state index in [-0.39, 0.29) is 24.0 Å². The number of carbonyl (C=O) groups excluding carboxylic acids is 2. The van der Waals surface area contributed by atoms with Crippen LogP contribution in [-0.4, -0.2) is 54.5 Å². The Hall–Kier alpha value is -1.89. The van der Waals surface area contributed by atoms with Gasteiger partial charge in [0.15, 0.2) is 6.39 Å². The monoisotopic (exact) mass is 281 g/mol. The number of ether oxygens (including phenoxy) is 1. The molecule has 2 amide bonds. The van der Waals surface area contributed by atoms with E-state index >= 15 is 0 Å². The Morgan fingerprint density at radius 2 is 2.40 bits per heavy atom. The molecule has 2 heterocycles. The molecule has 1 saturated heterocycles. The minimum absolute atomic E-state index is 0.112. The van der Waals surface area contributed by atoms with Crippen molar-refractivity contribution < 1.29 is 18.7 Å². The molecule has 110 valence electrons. The highest BCUT2D eigenvalue weighted by atomic mass is 16.5. The molecule has 7 heteroatoms. The molecule has 1 N–H and O–H groups in total. The molecule has 1 aromatic rings. The van der Waals surface area contributed by atoms with E-state index in [0.717, 1.165) is 12.8 Å². The van der Waals surface area contributed by atoms with Crippen LogP contribution in [0.25, 0.3) is 0 Å². The van der Waals surface area contributed by atoms with Gasteiger partial charge in [-0.25, -0.2) is 4.98 Å². The lowest BCUT2D eigenvalue weighted by Gasteiger charge is -2.37. The molecule has 0 unspecified atom stereocenters. The third-order valence-electron chi connectivity index (χ3n) is 3.67. The van der Waals surface area contributed by atoms with E-state index in [1.807, 2.05) is 0 Å². The Morgan fingerprint density at radius 3 is 3.00 bits per heavy atom. The average molecular weight is 281 g/mol. The highest BCUT2D eigenvalue weighted by molar-refractivity contribution is 5.92. The second kappa shape index (κ2) is 6.04. The van der Waals surface area contributed by atoms with E-state index in [9.17, 15) is 9.59 Å². The maximum atomic E-state index is 12.5. The lowest BCUT2D eigenvalue weighted by atomic mass is 9.92. The van der Waals surface area contributed by atoms with Gasteiger partial charge in [0.2, 0.25) is 11.7 Å². The van der Waals surface area contributed by atoms with Crippen molar-refractivity contribution in [1.29, 1.82) is 0 Å². The molecule has 0 saturated carbocycles. The van der Waals surface area contributed by atoms with Crippen LogP contribution in [-0.2, 0) is 9.53 Å². The first-order valence-corrected chi connectivity index (χ1v) is 6.53. The van der Waals surface area contributed by atoms with Crippen molar-refractivity contribution in [3.8, 4) is 0 Å². The van der Waals surface area contributed by atoms with Gasteiger partial charge in [-0.3, -0.25) is 9.59 Å². The Bertz CT molecular complexity index is 474. The zero-order valence-electron chi connectivity index (χ0n) is 11.7. The molecule has 1 aliphatic rings. The van der Waals surface area contributed by atoms with Gasteiger partial charge in [0.1, 0.15) is 0 Å². The number of likely N-dealkylation sites (tertiary alicyclic amines) is 1. The number of nitrogens with zero attached hydrogens (tertiary/aromatic N) is 2. The number of oxazole rings is 1. The Morgan fingerprint density at radius 1 is 1.60 bits per heavy atom. The van der Waals surface area contributed by atoms with Gasteiger partial charge in [-0.05, 0) is 12.8 Å². The molecular weight excluding hydrogens is 262 g/mol. The molecule has 20 heavy (non-hydrogen) atoms. The highest BCUT2D eigenvalue weighted by Crippen LogP contribution is 2.34. The minimum atomic E-state index is -0.612. The normalized spacial score (nSPS) is 22.0. The predicted molar refractivity (Wildman–Crippen MR) is 70.1 cm³/mol. The third kappa shape index (κ3) is 2.67. The van der Waals surface area contributed by atoms with Crippen LogP contribution in [0.2, 0.25) is 0 Å². The Kier molecular flexibility index (Phi) is 4.39. The van der Waals surface area contributed by atoms with Crippen molar-refractivity contribution in [2.75, 3.05) is 27.3 Å². The summed E-state index contributed by atoms with van der Waals surface area (Å²) < 4.78 is 10.3. The van der Waals surface area contributed by atoms with E-state index in [0.29, 0.717) is 13.2 Å². The molecule has 7 nitrogen and oxygen atoms in total. The van der Waals surface area contributed by atoms with Gasteiger partial charge in [-0.2, -0.15) is 0 Å². The summed E-state index contributed by atoms with van der Waals surface area (Å²) in [6.07, 6.45) is 4.39. The zero-order valence-corrected chi connectivity index (χ0v) is 11.7. The SMILES string of the molecule is CNC(=O)C[C@]1(COC)CCCN1C(=O)c1cnco1. The first-order chi connectivity index (χ1) is 9.63. The van der Waals surface area contributed by atoms with Crippen LogP contribution in [0.1, 0.15) is 29.8 Å². The van der Waals surface area contributed by atoms with Crippen LogP contribution in [0.3, 0.4) is 0 Å². The summed E-state index contributed by atoms with van der Waals surface area (Å²) in [7, 11) is 3.15. The minimum Gasteiger partial charge on any atom is -0.438 e. The van der Waals surface area contributed by atoms with Crippen molar-refractivity contribution in [3.05, 3.63) is 18.4 Å². The van der Waals surface area contributed by atoms with E-state index in [1.54, 1.807) is 19.1 Å². The molecule has 0 bridgehead atoms. The van der Waals surface area contributed by atoms with E-state index in [2.05, 4.69) is 10.3 Å². The molecule has 0 spiro atoms. The molecule has 2 rings (SSSR count). The van der Waals surface area contributed by atoms with Crippen molar-refractivity contribution >= 4 is 11.8 Å². The van der Waals surface area contributed by atoms with Gasteiger partial charge >= 0.3 is 0 Å². The van der Waals surface area contributed by atoms with Crippen molar-refractivity contribution in [1.82, 2.24) is 15.2 Å². The quantitative estimate of drug-likeness (QED) is 0.846. The fourth-order valence-corrected chi connectivity index (χ4v) is 2.75. The highest BCUT2D eigenvalue weighted by Gasteiger charge is 2.46. The first-order valence-electron chi connectivity index (χ1n) is 6.53. The summed E-state index contributed by atoms with van der Waals surface area (Å²) in [6, 6.07) is 0. The van der Waals surface area contributed by atoms with Crippen LogP contribution in [0.5, 0.6) is 0 Å². The molecule has 1 atom stereocenters. The predicted octanol–water partition coefficient (Wildman–Crippen LogP) is 0.432. The van der Waals surface area contributed by atoms with E-state index < -0.39 is 5.54 Å². The number of rotatable bonds is 5. The van der Waals surface area contributed by atoms with Crippen molar-refractivity contribution in [2.24, 2.45) is 0 Å². The summed E-state index contributed by atoms with van der Waals surface area (Å²) in [5, 5.41) is 2.60. The molecule has 0 aliphatic carbocycles. The number of carbonyl (C=O) groups is 2. The van der Waals surface area contributed by atoms with Gasteiger partial charge in [-0.1, -0.05) is 0 Å². The average Bonchev–Trinajstić information content (AvgIpc) is 3.08. The maximum absolute atomic E-state index is 12.5. The summed E-state index contributed by atoms with van der Waals surface area (Å²) in [4.78, 5) is 29.7. The molecule has 1 fully saturated rings. The fraction of sp³-hybridized carbons (Fsp3) is 0.615. The summed E-state index contributed by atoms with van der Waals surface area (Å²) in [5.74, 6) is -0.176. The summed E-state index contributed by atoms with van der Waals surface area (Å²) in [5.41, 5.74) is -0.612. The van der Waals surface area contributed by atoms with Crippen LogP contribution in [0.15, 0.2) is 17.0 Å². The number of aromatic nitrogens is 1. The lowest BCUT2D eigenvalue weighted by molar-refractivity contribution is -0.123. The second-order valence-electron chi connectivity index (χ2n) is 4.93. The van der Waals surface area contributed by atoms with Crippen LogP contribution in [0.4, 0.5) is 0 Å². The molecule has 1 aromatic heterocycles. The van der Waals surface area contributed by atoms with Crippen LogP contribution >= 0.6 is 0 Å². The van der Waals surface area contributed by atoms with Crippen LogP contribution in [0, 0.1) is 0 Å². The van der Waals surface area contributed by atoms with Gasteiger partial charge < -0.3 is 19.4 Å². The van der Waals surface area contributed by atoms with Gasteiger partial charge in [0.05, 0.1) is 24.8 Å². The van der Waals surface area contributed by atoms with E-state index in [1.165, 1.54) is 12.6 Å².